The maximum Gasteiger partial charge on any atom is 0.234 e. The molecule has 144 valence electrons. The molecule has 1 aromatic carbocycles. The zero-order chi connectivity index (χ0) is 18.4. The highest BCUT2D eigenvalue weighted by atomic mass is 16.2. The first-order valence-electron chi connectivity index (χ1n) is 10.2. The van der Waals surface area contributed by atoms with Gasteiger partial charge in [-0.25, -0.2) is 0 Å². The van der Waals surface area contributed by atoms with Crippen LogP contribution in [0.2, 0.25) is 0 Å². The molecule has 3 rings (SSSR count). The standard InChI is InChI=1S/C21H34N4O/c1-3-18(2)22-21(26)17-24-13-11-23(12-14-24)15-16-25-10-6-8-19-7-4-5-9-20(19)25/h4-5,7,9,18H,3,6,8,10-17H2,1-2H3,(H,22,26). The second-order valence-corrected chi connectivity index (χ2v) is 7.71. The SMILES string of the molecule is CCC(C)NC(=O)CN1CCN(CCN2CCCc3ccccc32)CC1. The Morgan fingerprint density at radius 3 is 2.58 bits per heavy atom. The molecule has 1 N–H and O–H groups in total. The van der Waals surface area contributed by atoms with Crippen molar-refractivity contribution in [3.8, 4) is 0 Å². The first-order chi connectivity index (χ1) is 12.7. The van der Waals surface area contributed by atoms with Gasteiger partial charge in [0.1, 0.15) is 0 Å². The summed E-state index contributed by atoms with van der Waals surface area (Å²) in [5.41, 5.74) is 2.93. The van der Waals surface area contributed by atoms with Gasteiger partial charge in [0.15, 0.2) is 0 Å². The third-order valence-corrected chi connectivity index (χ3v) is 5.74. The second-order valence-electron chi connectivity index (χ2n) is 7.71. The Bertz CT molecular complexity index is 583. The lowest BCUT2D eigenvalue weighted by molar-refractivity contribution is -0.123. The van der Waals surface area contributed by atoms with Crippen LogP contribution in [0, 0.1) is 0 Å². The van der Waals surface area contributed by atoms with Crippen molar-refractivity contribution >= 4 is 11.6 Å². The summed E-state index contributed by atoms with van der Waals surface area (Å²) >= 11 is 0. The van der Waals surface area contributed by atoms with Gasteiger partial charge >= 0.3 is 0 Å². The van der Waals surface area contributed by atoms with E-state index in [0.29, 0.717) is 6.54 Å². The second kappa shape index (κ2) is 9.38. The molecule has 1 aromatic rings. The monoisotopic (exact) mass is 358 g/mol. The molecule has 1 saturated heterocycles. The molecule has 1 atom stereocenters. The first kappa shape index (κ1) is 19.2. The van der Waals surface area contributed by atoms with Crippen LogP contribution in [0.3, 0.4) is 0 Å². The Kier molecular flexibility index (Phi) is 6.92. The number of anilines is 1. The number of amides is 1. The highest BCUT2D eigenvalue weighted by Gasteiger charge is 2.21. The largest absolute Gasteiger partial charge is 0.370 e. The summed E-state index contributed by atoms with van der Waals surface area (Å²) in [7, 11) is 0. The zero-order valence-corrected chi connectivity index (χ0v) is 16.4. The maximum atomic E-state index is 12.0. The number of nitrogens with one attached hydrogen (secondary N) is 1. The van der Waals surface area contributed by atoms with E-state index in [0.717, 1.165) is 45.7 Å². The van der Waals surface area contributed by atoms with Gasteiger partial charge < -0.3 is 10.2 Å². The summed E-state index contributed by atoms with van der Waals surface area (Å²) in [4.78, 5) is 19.4. The molecule has 1 fully saturated rings. The van der Waals surface area contributed by atoms with Crippen molar-refractivity contribution < 1.29 is 4.79 Å². The van der Waals surface area contributed by atoms with Gasteiger partial charge in [-0.3, -0.25) is 14.6 Å². The molecule has 5 heteroatoms. The Morgan fingerprint density at radius 2 is 1.81 bits per heavy atom. The molecule has 0 bridgehead atoms. The number of piperazine rings is 1. The normalized spacial score (nSPS) is 19.8. The minimum absolute atomic E-state index is 0.165. The molecule has 0 aromatic heterocycles. The molecule has 1 unspecified atom stereocenters. The number of hydrogen-bond acceptors (Lipinski definition) is 4. The Labute approximate surface area is 158 Å². The highest BCUT2D eigenvalue weighted by Crippen LogP contribution is 2.26. The van der Waals surface area contributed by atoms with Crippen LogP contribution in [0.1, 0.15) is 32.3 Å². The van der Waals surface area contributed by atoms with Crippen molar-refractivity contribution in [1.29, 1.82) is 0 Å². The van der Waals surface area contributed by atoms with Crippen LogP contribution in [0.4, 0.5) is 5.69 Å². The lowest BCUT2D eigenvalue weighted by Crippen LogP contribution is -2.51. The summed E-state index contributed by atoms with van der Waals surface area (Å²) in [5.74, 6) is 0.165. The number of carbonyl (C=O) groups excluding carboxylic acids is 1. The van der Waals surface area contributed by atoms with Crippen molar-refractivity contribution in [2.75, 3.05) is 57.3 Å². The molecule has 2 aliphatic heterocycles. The van der Waals surface area contributed by atoms with Crippen molar-refractivity contribution in [2.24, 2.45) is 0 Å². The average molecular weight is 359 g/mol. The van der Waals surface area contributed by atoms with E-state index in [-0.39, 0.29) is 11.9 Å². The molecule has 26 heavy (non-hydrogen) atoms. The van der Waals surface area contributed by atoms with Crippen LogP contribution in [0.25, 0.3) is 0 Å². The van der Waals surface area contributed by atoms with E-state index in [9.17, 15) is 4.79 Å². The van der Waals surface area contributed by atoms with Crippen molar-refractivity contribution in [2.45, 2.75) is 39.2 Å². The number of nitrogens with zero attached hydrogens (tertiary/aromatic N) is 3. The number of fused-ring (bicyclic) bond motifs is 1. The molecule has 5 nitrogen and oxygen atoms in total. The fourth-order valence-electron chi connectivity index (χ4n) is 3.90. The van der Waals surface area contributed by atoms with Gasteiger partial charge in [-0.05, 0) is 37.8 Å². The third kappa shape index (κ3) is 5.21. The molecule has 1 amide bonds. The van der Waals surface area contributed by atoms with Crippen molar-refractivity contribution in [3.05, 3.63) is 29.8 Å². The number of aryl methyl sites for hydroxylation is 1. The highest BCUT2D eigenvalue weighted by molar-refractivity contribution is 5.78. The molecule has 2 heterocycles. The lowest BCUT2D eigenvalue weighted by Gasteiger charge is -2.37. The predicted molar refractivity (Wildman–Crippen MR) is 108 cm³/mol. The maximum absolute atomic E-state index is 12.0. The smallest absolute Gasteiger partial charge is 0.234 e. The van der Waals surface area contributed by atoms with E-state index in [2.05, 4.69) is 58.1 Å². The Balaban J connectivity index is 1.39. The van der Waals surface area contributed by atoms with E-state index >= 15 is 0 Å². The van der Waals surface area contributed by atoms with Crippen LogP contribution < -0.4 is 10.2 Å². The summed E-state index contributed by atoms with van der Waals surface area (Å²) in [5, 5.41) is 3.06. The summed E-state index contributed by atoms with van der Waals surface area (Å²) in [6, 6.07) is 9.11. The van der Waals surface area contributed by atoms with Gasteiger partial charge in [0, 0.05) is 57.5 Å². The molecule has 2 aliphatic rings. The minimum atomic E-state index is 0.165. The van der Waals surface area contributed by atoms with Gasteiger partial charge in [-0.15, -0.1) is 0 Å². The molecule has 0 spiro atoms. The van der Waals surface area contributed by atoms with Crippen LogP contribution in [0.5, 0.6) is 0 Å². The van der Waals surface area contributed by atoms with Crippen molar-refractivity contribution in [1.82, 2.24) is 15.1 Å². The number of benzene rings is 1. The number of para-hydroxylation sites is 1. The van der Waals surface area contributed by atoms with Crippen LogP contribution in [0.15, 0.2) is 24.3 Å². The van der Waals surface area contributed by atoms with Crippen LogP contribution >= 0.6 is 0 Å². The predicted octanol–water partition coefficient (Wildman–Crippen LogP) is 1.97. The summed E-state index contributed by atoms with van der Waals surface area (Å²) < 4.78 is 0. The van der Waals surface area contributed by atoms with Gasteiger partial charge in [-0.2, -0.15) is 0 Å². The van der Waals surface area contributed by atoms with Gasteiger partial charge in [0.25, 0.3) is 0 Å². The zero-order valence-electron chi connectivity index (χ0n) is 16.4. The van der Waals surface area contributed by atoms with Gasteiger partial charge in [0.2, 0.25) is 5.91 Å². The number of hydrogen-bond donors (Lipinski definition) is 1. The lowest BCUT2D eigenvalue weighted by atomic mass is 10.0. The minimum Gasteiger partial charge on any atom is -0.370 e. The first-order valence-corrected chi connectivity index (χ1v) is 10.2. The average Bonchev–Trinajstić information content (AvgIpc) is 2.67. The number of rotatable bonds is 7. The van der Waals surface area contributed by atoms with E-state index in [1.54, 1.807) is 0 Å². The van der Waals surface area contributed by atoms with E-state index in [1.807, 2.05) is 0 Å². The summed E-state index contributed by atoms with van der Waals surface area (Å²) in [6.45, 7) is 12.2. The van der Waals surface area contributed by atoms with E-state index in [1.165, 1.54) is 30.6 Å². The quantitative estimate of drug-likeness (QED) is 0.809. The van der Waals surface area contributed by atoms with E-state index < -0.39 is 0 Å². The van der Waals surface area contributed by atoms with Gasteiger partial charge in [-0.1, -0.05) is 25.1 Å². The van der Waals surface area contributed by atoms with Crippen LogP contribution in [-0.4, -0.2) is 74.1 Å². The molecule has 0 aliphatic carbocycles. The molecular formula is C21H34N4O. The van der Waals surface area contributed by atoms with E-state index in [4.69, 9.17) is 0 Å². The molecule has 0 saturated carbocycles. The van der Waals surface area contributed by atoms with Gasteiger partial charge in [0.05, 0.1) is 6.54 Å². The fraction of sp³-hybridized carbons (Fsp3) is 0.667. The Hall–Kier alpha value is -1.59. The van der Waals surface area contributed by atoms with Crippen LogP contribution in [-0.2, 0) is 11.2 Å². The Morgan fingerprint density at radius 1 is 1.08 bits per heavy atom. The molecular weight excluding hydrogens is 324 g/mol. The van der Waals surface area contributed by atoms with Crippen molar-refractivity contribution in [3.63, 3.8) is 0 Å². The summed E-state index contributed by atoms with van der Waals surface area (Å²) in [6.07, 6.45) is 3.46. The molecule has 0 radical (unpaired) electrons. The number of carbonyl (C=O) groups is 1. The fourth-order valence-corrected chi connectivity index (χ4v) is 3.90. The third-order valence-electron chi connectivity index (χ3n) is 5.74. The topological polar surface area (TPSA) is 38.8 Å².